The lowest BCUT2D eigenvalue weighted by Gasteiger charge is -2.47. The Kier molecular flexibility index (Phi) is 4.60. The van der Waals surface area contributed by atoms with Gasteiger partial charge in [-0.1, -0.05) is 0 Å². The molecule has 2 fully saturated rings. The van der Waals surface area contributed by atoms with Crippen molar-refractivity contribution < 1.29 is 9.59 Å². The fraction of sp³-hybridized carbons (Fsp3) is 0.789. The summed E-state index contributed by atoms with van der Waals surface area (Å²) in [6.45, 7) is 5.61. The number of piperidine rings is 2. The number of likely N-dealkylation sites (tertiary alicyclic amines) is 2. The van der Waals surface area contributed by atoms with Crippen molar-refractivity contribution >= 4 is 11.8 Å². The maximum atomic E-state index is 13.0. The van der Waals surface area contributed by atoms with Crippen LogP contribution in [-0.2, 0) is 29.6 Å². The second kappa shape index (κ2) is 6.80. The van der Waals surface area contributed by atoms with Crippen LogP contribution in [0.4, 0.5) is 0 Å². The fourth-order valence-electron chi connectivity index (χ4n) is 5.00. The number of carbonyl (C=O) groups is 2. The molecule has 0 aliphatic carbocycles. The van der Waals surface area contributed by atoms with Crippen LogP contribution in [0, 0.1) is 11.3 Å². The summed E-state index contributed by atoms with van der Waals surface area (Å²) in [6, 6.07) is 0. The maximum Gasteiger partial charge on any atom is 0.345 e. The van der Waals surface area contributed by atoms with E-state index >= 15 is 0 Å². The van der Waals surface area contributed by atoms with Crippen molar-refractivity contribution in [1.82, 2.24) is 24.1 Å². The van der Waals surface area contributed by atoms with Gasteiger partial charge in [0.1, 0.15) is 5.82 Å². The Labute approximate surface area is 159 Å². The summed E-state index contributed by atoms with van der Waals surface area (Å²) in [4.78, 5) is 41.1. The Bertz CT molecular complexity index is 803. The Morgan fingerprint density at radius 2 is 1.93 bits per heavy atom. The Morgan fingerprint density at radius 1 is 1.19 bits per heavy atom. The van der Waals surface area contributed by atoms with Crippen LogP contribution in [0.2, 0.25) is 0 Å². The summed E-state index contributed by atoms with van der Waals surface area (Å²) in [5.74, 6) is 1.09. The monoisotopic (exact) mass is 375 g/mol. The average Bonchev–Trinajstić information content (AvgIpc) is 2.97. The molecule has 27 heavy (non-hydrogen) atoms. The van der Waals surface area contributed by atoms with Crippen molar-refractivity contribution in [3.8, 4) is 0 Å². The van der Waals surface area contributed by atoms with Crippen LogP contribution in [0.25, 0.3) is 0 Å². The molecular weight excluding hydrogens is 346 g/mol. The summed E-state index contributed by atoms with van der Waals surface area (Å²) >= 11 is 0. The van der Waals surface area contributed by atoms with Gasteiger partial charge in [-0.2, -0.15) is 5.10 Å². The average molecular weight is 375 g/mol. The molecular formula is C19H29N5O3. The number of nitrogens with zero attached hydrogens (tertiary/aromatic N) is 5. The third-order valence-electron chi connectivity index (χ3n) is 6.82. The van der Waals surface area contributed by atoms with Gasteiger partial charge in [0.15, 0.2) is 0 Å². The van der Waals surface area contributed by atoms with Crippen LogP contribution in [0.3, 0.4) is 0 Å². The Hall–Kier alpha value is -2.12. The molecule has 8 nitrogen and oxygen atoms in total. The second-order valence-electron chi connectivity index (χ2n) is 8.40. The van der Waals surface area contributed by atoms with Crippen molar-refractivity contribution in [1.29, 1.82) is 0 Å². The van der Waals surface area contributed by atoms with Crippen molar-refractivity contribution in [3.05, 3.63) is 16.3 Å². The minimum Gasteiger partial charge on any atom is -0.342 e. The molecule has 148 valence electrons. The van der Waals surface area contributed by atoms with Crippen LogP contribution in [0.15, 0.2) is 4.79 Å². The van der Waals surface area contributed by atoms with E-state index in [1.54, 1.807) is 11.6 Å². The van der Waals surface area contributed by atoms with E-state index in [0.29, 0.717) is 19.4 Å². The van der Waals surface area contributed by atoms with Gasteiger partial charge < -0.3 is 9.80 Å². The molecule has 0 bridgehead atoms. The molecule has 3 aliphatic heterocycles. The van der Waals surface area contributed by atoms with Gasteiger partial charge in [0.25, 0.3) is 0 Å². The molecule has 1 atom stereocenters. The van der Waals surface area contributed by atoms with Crippen LogP contribution in [-0.4, -0.2) is 62.1 Å². The number of hydrogen-bond donors (Lipinski definition) is 0. The summed E-state index contributed by atoms with van der Waals surface area (Å²) in [7, 11) is 1.66. The van der Waals surface area contributed by atoms with Gasteiger partial charge in [-0.05, 0) is 38.0 Å². The van der Waals surface area contributed by atoms with E-state index in [4.69, 9.17) is 0 Å². The zero-order chi connectivity index (χ0) is 19.2. The van der Waals surface area contributed by atoms with Crippen LogP contribution < -0.4 is 5.69 Å². The lowest BCUT2D eigenvalue weighted by Crippen LogP contribution is -2.53. The quantitative estimate of drug-likeness (QED) is 0.749. The van der Waals surface area contributed by atoms with E-state index in [1.165, 1.54) is 4.68 Å². The minimum absolute atomic E-state index is 0.131. The summed E-state index contributed by atoms with van der Waals surface area (Å²) < 4.78 is 3.01. The predicted octanol–water partition coefficient (Wildman–Crippen LogP) is 0.395. The first kappa shape index (κ1) is 18.3. The Morgan fingerprint density at radius 3 is 2.63 bits per heavy atom. The topological polar surface area (TPSA) is 80.4 Å². The summed E-state index contributed by atoms with van der Waals surface area (Å²) in [5, 5.41) is 4.25. The van der Waals surface area contributed by atoms with E-state index in [1.807, 2.05) is 16.7 Å². The molecule has 0 saturated carbocycles. The van der Waals surface area contributed by atoms with E-state index in [-0.39, 0.29) is 28.8 Å². The molecule has 3 aliphatic rings. The lowest BCUT2D eigenvalue weighted by atomic mass is 9.72. The normalized spacial score (nSPS) is 25.0. The van der Waals surface area contributed by atoms with Gasteiger partial charge in [0.2, 0.25) is 11.8 Å². The van der Waals surface area contributed by atoms with Crippen molar-refractivity contribution in [2.24, 2.45) is 18.4 Å². The van der Waals surface area contributed by atoms with E-state index in [0.717, 1.165) is 57.7 Å². The van der Waals surface area contributed by atoms with Gasteiger partial charge in [-0.25, -0.2) is 9.48 Å². The standard InChI is InChI=1S/C19H29N5O3/c1-3-22-13-19(7-6-16(22)25)8-10-23(11-9-19)17(26)14-4-5-15-20-21(2)18(27)24(15)12-14/h14H,3-13H2,1-2H3/t14-/m1/s1. The minimum atomic E-state index is -0.133. The summed E-state index contributed by atoms with van der Waals surface area (Å²) in [5.41, 5.74) is 0.0485. The zero-order valence-corrected chi connectivity index (χ0v) is 16.3. The van der Waals surface area contributed by atoms with Gasteiger partial charge in [-0.15, -0.1) is 0 Å². The number of hydrogen-bond acceptors (Lipinski definition) is 4. The molecule has 1 aromatic rings. The molecule has 0 aromatic carbocycles. The molecule has 4 heterocycles. The molecule has 8 heteroatoms. The first-order valence-electron chi connectivity index (χ1n) is 10.1. The van der Waals surface area contributed by atoms with Gasteiger partial charge in [-0.3, -0.25) is 14.2 Å². The number of carbonyl (C=O) groups excluding carboxylic acids is 2. The van der Waals surface area contributed by atoms with Gasteiger partial charge in [0, 0.05) is 52.6 Å². The highest BCUT2D eigenvalue weighted by Crippen LogP contribution is 2.40. The third-order valence-corrected chi connectivity index (χ3v) is 6.82. The summed E-state index contributed by atoms with van der Waals surface area (Å²) in [6.07, 6.45) is 4.95. The van der Waals surface area contributed by atoms with Crippen LogP contribution in [0.5, 0.6) is 0 Å². The molecule has 4 rings (SSSR count). The van der Waals surface area contributed by atoms with Crippen molar-refractivity contribution in [2.75, 3.05) is 26.2 Å². The SMILES string of the molecule is CCN1CC2(CCC1=O)CCN(C(=O)[C@@H]1CCc3nn(C)c(=O)n3C1)CC2. The van der Waals surface area contributed by atoms with Crippen LogP contribution >= 0.6 is 0 Å². The molecule has 2 amide bonds. The molecule has 0 unspecified atom stereocenters. The highest BCUT2D eigenvalue weighted by Gasteiger charge is 2.42. The van der Waals surface area contributed by atoms with Gasteiger partial charge >= 0.3 is 5.69 Å². The number of rotatable bonds is 2. The van der Waals surface area contributed by atoms with E-state index in [9.17, 15) is 14.4 Å². The smallest absolute Gasteiger partial charge is 0.342 e. The molecule has 2 saturated heterocycles. The number of amides is 2. The van der Waals surface area contributed by atoms with Crippen molar-refractivity contribution in [3.63, 3.8) is 0 Å². The fourth-order valence-corrected chi connectivity index (χ4v) is 5.00. The first-order chi connectivity index (χ1) is 12.9. The highest BCUT2D eigenvalue weighted by atomic mass is 16.2. The number of fused-ring (bicyclic) bond motifs is 1. The predicted molar refractivity (Wildman–Crippen MR) is 99.0 cm³/mol. The van der Waals surface area contributed by atoms with E-state index in [2.05, 4.69) is 5.10 Å². The third kappa shape index (κ3) is 3.19. The van der Waals surface area contributed by atoms with Gasteiger partial charge in [0.05, 0.1) is 5.92 Å². The highest BCUT2D eigenvalue weighted by molar-refractivity contribution is 5.79. The number of aromatic nitrogens is 3. The maximum absolute atomic E-state index is 13.0. The largest absolute Gasteiger partial charge is 0.345 e. The molecule has 1 spiro atoms. The number of aryl methyl sites for hydroxylation is 2. The molecule has 0 radical (unpaired) electrons. The van der Waals surface area contributed by atoms with Crippen LogP contribution in [0.1, 0.15) is 44.9 Å². The first-order valence-corrected chi connectivity index (χ1v) is 10.1. The lowest BCUT2D eigenvalue weighted by molar-refractivity contribution is -0.144. The Balaban J connectivity index is 1.39. The zero-order valence-electron chi connectivity index (χ0n) is 16.3. The van der Waals surface area contributed by atoms with E-state index < -0.39 is 0 Å². The molecule has 0 N–H and O–H groups in total. The van der Waals surface area contributed by atoms with Crippen molar-refractivity contribution in [2.45, 2.75) is 52.0 Å². The second-order valence-corrected chi connectivity index (χ2v) is 8.40. The molecule has 1 aromatic heterocycles.